The zero-order valence-electron chi connectivity index (χ0n) is 22.1. The Morgan fingerprint density at radius 2 is 1.45 bits per heavy atom. The molecule has 0 saturated carbocycles. The number of hydrogen-bond donors (Lipinski definition) is 10. The molecule has 0 bridgehead atoms. The number of aliphatic hydroxyl groups is 3. The predicted molar refractivity (Wildman–Crippen MR) is 144 cm³/mol. The lowest BCUT2D eigenvalue weighted by molar-refractivity contribution is -0.277. The molecule has 16 heteroatoms. The minimum Gasteiger partial charge on any atom is -0.508 e. The maximum atomic E-state index is 13.5. The molecule has 1 aromatic heterocycles. The van der Waals surface area contributed by atoms with Crippen LogP contribution in [-0.4, -0.2) is 94.3 Å². The number of carbonyl (C=O) groups is 1. The third-order valence-electron chi connectivity index (χ3n) is 6.74. The van der Waals surface area contributed by atoms with Gasteiger partial charge in [0.1, 0.15) is 53.5 Å². The highest BCUT2D eigenvalue weighted by Gasteiger charge is 2.46. The highest BCUT2D eigenvalue weighted by atomic mass is 16.7. The monoisotopic (exact) mass is 616 g/mol. The van der Waals surface area contributed by atoms with Crippen molar-refractivity contribution in [2.24, 2.45) is 0 Å². The number of ether oxygens (including phenoxy) is 3. The Hall–Kier alpha value is -5.42. The molecule has 5 atom stereocenters. The van der Waals surface area contributed by atoms with Crippen molar-refractivity contribution in [1.29, 1.82) is 0 Å². The van der Waals surface area contributed by atoms with E-state index in [1.54, 1.807) is 0 Å². The molecule has 0 spiro atoms. The van der Waals surface area contributed by atoms with Crippen LogP contribution in [0.1, 0.15) is 10.4 Å². The van der Waals surface area contributed by atoms with E-state index in [1.165, 1.54) is 6.07 Å². The lowest BCUT2D eigenvalue weighted by Crippen LogP contribution is -2.60. The molecule has 1 unspecified atom stereocenters. The van der Waals surface area contributed by atoms with Gasteiger partial charge in [-0.15, -0.1) is 0 Å². The lowest BCUT2D eigenvalue weighted by atomic mass is 9.99. The van der Waals surface area contributed by atoms with Gasteiger partial charge >= 0.3 is 5.97 Å². The van der Waals surface area contributed by atoms with Gasteiger partial charge in [0.15, 0.2) is 34.5 Å². The number of rotatable bonds is 6. The summed E-state index contributed by atoms with van der Waals surface area (Å²) >= 11 is 0. The van der Waals surface area contributed by atoms with Gasteiger partial charge in [0.05, 0.1) is 5.56 Å². The van der Waals surface area contributed by atoms with Crippen molar-refractivity contribution in [3.8, 4) is 57.3 Å². The number of fused-ring (bicyclic) bond motifs is 1. The van der Waals surface area contributed by atoms with Crippen LogP contribution in [0.2, 0.25) is 0 Å². The minimum absolute atomic E-state index is 0.0612. The number of phenolic OH excluding ortho intramolecular Hbond substituents is 7. The van der Waals surface area contributed by atoms with Gasteiger partial charge in [-0.3, -0.25) is 4.79 Å². The fraction of sp³-hybridized carbons (Fsp3) is 0.214. The second-order valence-corrected chi connectivity index (χ2v) is 9.73. The van der Waals surface area contributed by atoms with Crippen molar-refractivity contribution in [3.05, 3.63) is 58.3 Å². The van der Waals surface area contributed by atoms with Crippen molar-refractivity contribution < 1.29 is 74.5 Å². The van der Waals surface area contributed by atoms with E-state index in [0.717, 1.165) is 36.4 Å². The first-order chi connectivity index (χ1) is 20.8. The van der Waals surface area contributed by atoms with Crippen LogP contribution >= 0.6 is 0 Å². The molecule has 4 aromatic rings. The third kappa shape index (κ3) is 5.40. The largest absolute Gasteiger partial charge is 0.508 e. The van der Waals surface area contributed by atoms with Gasteiger partial charge in [-0.05, 0) is 30.3 Å². The van der Waals surface area contributed by atoms with Gasteiger partial charge in [0.2, 0.25) is 17.5 Å². The summed E-state index contributed by atoms with van der Waals surface area (Å²) in [6.07, 6.45) is -9.43. The van der Waals surface area contributed by atoms with E-state index in [4.69, 9.17) is 18.6 Å². The van der Waals surface area contributed by atoms with E-state index in [1.807, 2.05) is 0 Å². The molecule has 44 heavy (non-hydrogen) atoms. The summed E-state index contributed by atoms with van der Waals surface area (Å²) in [5.74, 6) is -7.19. The van der Waals surface area contributed by atoms with Gasteiger partial charge in [0, 0.05) is 17.7 Å². The highest BCUT2D eigenvalue weighted by Crippen LogP contribution is 2.40. The van der Waals surface area contributed by atoms with Crippen LogP contribution in [0.4, 0.5) is 0 Å². The van der Waals surface area contributed by atoms with Crippen LogP contribution in [0, 0.1) is 0 Å². The van der Waals surface area contributed by atoms with Crippen LogP contribution in [0.3, 0.4) is 0 Å². The Balaban J connectivity index is 1.48. The molecule has 0 radical (unpaired) electrons. The normalized spacial score (nSPS) is 21.7. The molecule has 0 amide bonds. The minimum atomic E-state index is -2.02. The van der Waals surface area contributed by atoms with E-state index in [9.17, 15) is 60.7 Å². The van der Waals surface area contributed by atoms with Crippen molar-refractivity contribution in [3.63, 3.8) is 0 Å². The van der Waals surface area contributed by atoms with Crippen molar-refractivity contribution >= 4 is 16.9 Å². The summed E-state index contributed by atoms with van der Waals surface area (Å²) in [6.45, 7) is -0.795. The smallest absolute Gasteiger partial charge is 0.338 e. The number of carbonyl (C=O) groups excluding carboxylic acids is 1. The summed E-state index contributed by atoms with van der Waals surface area (Å²) in [5, 5.41) is 99.8. The topological polar surface area (TPSA) is 277 Å². The van der Waals surface area contributed by atoms with Crippen molar-refractivity contribution in [2.45, 2.75) is 30.7 Å². The Morgan fingerprint density at radius 1 is 0.773 bits per heavy atom. The molecule has 1 fully saturated rings. The van der Waals surface area contributed by atoms with Crippen LogP contribution in [0.25, 0.3) is 22.3 Å². The van der Waals surface area contributed by atoms with E-state index >= 15 is 0 Å². The summed E-state index contributed by atoms with van der Waals surface area (Å²) < 4.78 is 21.9. The molecule has 3 aromatic carbocycles. The summed E-state index contributed by atoms with van der Waals surface area (Å²) in [7, 11) is 0. The van der Waals surface area contributed by atoms with Gasteiger partial charge < -0.3 is 69.7 Å². The third-order valence-corrected chi connectivity index (χ3v) is 6.74. The number of phenols is 7. The SMILES string of the molecule is O=C(OC[C@H]1OC(Oc2c(-c3ccc(O)c(O)c3)oc3cc(O)cc(O)c3c2=O)[C@H](O)[C@@H](O)[C@@H]1O)c1cc(O)c(O)c(O)c1. The second-order valence-electron chi connectivity index (χ2n) is 9.73. The Bertz CT molecular complexity index is 1790. The maximum absolute atomic E-state index is 13.5. The van der Waals surface area contributed by atoms with Crippen LogP contribution in [0.5, 0.6) is 46.0 Å². The van der Waals surface area contributed by atoms with E-state index in [0.29, 0.717) is 0 Å². The van der Waals surface area contributed by atoms with E-state index < -0.39 is 111 Å². The molecule has 5 rings (SSSR count). The first-order valence-corrected chi connectivity index (χ1v) is 12.6. The van der Waals surface area contributed by atoms with Gasteiger partial charge in [-0.2, -0.15) is 0 Å². The first kappa shape index (κ1) is 30.1. The second kappa shape index (κ2) is 11.3. The van der Waals surface area contributed by atoms with Crippen LogP contribution < -0.4 is 10.2 Å². The zero-order chi connectivity index (χ0) is 32.0. The average molecular weight is 616 g/mol. The van der Waals surface area contributed by atoms with Crippen molar-refractivity contribution in [2.75, 3.05) is 6.61 Å². The molecule has 1 aliphatic rings. The zero-order valence-corrected chi connectivity index (χ0v) is 22.1. The number of esters is 1. The molecule has 10 N–H and O–H groups in total. The summed E-state index contributed by atoms with van der Waals surface area (Å²) in [4.78, 5) is 26.0. The van der Waals surface area contributed by atoms with Gasteiger partial charge in [-0.25, -0.2) is 4.79 Å². The molecule has 16 nitrogen and oxygen atoms in total. The standard InChI is InChI=1S/C28H24O16/c29-11-6-14(32)19-17(7-11)42-25(9-1-2-12(30)13(31)3-9)26(22(19)37)44-28-24(39)23(38)21(36)18(43-28)8-41-27(40)10-4-15(33)20(35)16(34)5-10/h1-7,18,21,23-24,28-36,38-39H,8H2/t18-,21-,23+,24-,28?/m1/s1. The quantitative estimate of drug-likeness (QED) is 0.104. The molecule has 232 valence electrons. The fourth-order valence-electron chi connectivity index (χ4n) is 4.46. The van der Waals surface area contributed by atoms with Crippen LogP contribution in [-0.2, 0) is 9.47 Å². The molecule has 0 aliphatic carbocycles. The number of hydrogen-bond acceptors (Lipinski definition) is 16. The maximum Gasteiger partial charge on any atom is 0.338 e. The molecule has 1 saturated heterocycles. The van der Waals surface area contributed by atoms with Crippen LogP contribution in [0.15, 0.2) is 51.7 Å². The Labute approximate surface area is 244 Å². The van der Waals surface area contributed by atoms with Crippen molar-refractivity contribution in [1.82, 2.24) is 0 Å². The fourth-order valence-corrected chi connectivity index (χ4v) is 4.46. The molecule has 2 heterocycles. The molecule has 1 aliphatic heterocycles. The summed E-state index contributed by atoms with van der Waals surface area (Å²) in [6, 6.07) is 6.70. The van der Waals surface area contributed by atoms with Gasteiger partial charge in [0.25, 0.3) is 0 Å². The molecular weight excluding hydrogens is 592 g/mol. The number of aromatic hydroxyl groups is 7. The number of benzene rings is 3. The van der Waals surface area contributed by atoms with E-state index in [-0.39, 0.29) is 11.1 Å². The number of aliphatic hydroxyl groups excluding tert-OH is 3. The lowest BCUT2D eigenvalue weighted by Gasteiger charge is -2.39. The highest BCUT2D eigenvalue weighted by molar-refractivity contribution is 5.91. The average Bonchev–Trinajstić information content (AvgIpc) is 2.97. The Morgan fingerprint density at radius 3 is 2.11 bits per heavy atom. The predicted octanol–water partition coefficient (Wildman–Crippen LogP) is 0.443. The summed E-state index contributed by atoms with van der Waals surface area (Å²) in [5.41, 5.74) is -1.84. The van der Waals surface area contributed by atoms with E-state index in [2.05, 4.69) is 0 Å². The van der Waals surface area contributed by atoms with Gasteiger partial charge in [-0.1, -0.05) is 0 Å². The Kier molecular flexibility index (Phi) is 7.75. The first-order valence-electron chi connectivity index (χ1n) is 12.6. The molecular formula is C28H24O16.